The van der Waals surface area contributed by atoms with E-state index in [9.17, 15) is 0 Å². The van der Waals surface area contributed by atoms with Gasteiger partial charge >= 0.3 is 0 Å². The van der Waals surface area contributed by atoms with Crippen molar-refractivity contribution < 1.29 is 5.11 Å². The van der Waals surface area contributed by atoms with E-state index in [4.69, 9.17) is 5.11 Å². The van der Waals surface area contributed by atoms with Crippen molar-refractivity contribution >= 4 is 11.3 Å². The molecule has 1 heterocycles. The zero-order valence-corrected chi connectivity index (χ0v) is 13.9. The molecule has 110 valence electrons. The molecular weight excluding hydrogens is 256 g/mol. The van der Waals surface area contributed by atoms with Gasteiger partial charge in [0.15, 0.2) is 0 Å². The lowest BCUT2D eigenvalue weighted by Crippen LogP contribution is -2.40. The van der Waals surface area contributed by atoms with Crippen molar-refractivity contribution in [2.75, 3.05) is 6.61 Å². The Morgan fingerprint density at radius 2 is 1.89 bits per heavy atom. The van der Waals surface area contributed by atoms with Crippen molar-refractivity contribution in [2.24, 2.45) is 5.41 Å². The number of aliphatic hydroxyl groups excluding tert-OH is 1. The Labute approximate surface area is 121 Å². The monoisotopic (exact) mass is 284 g/mol. The average Bonchev–Trinajstić information content (AvgIpc) is 2.70. The molecule has 2 N–H and O–H groups in total. The largest absolute Gasteiger partial charge is 0.396 e. The van der Waals surface area contributed by atoms with Gasteiger partial charge in [-0.1, -0.05) is 41.5 Å². The van der Waals surface area contributed by atoms with Crippen LogP contribution in [0.1, 0.15) is 57.8 Å². The molecule has 0 spiro atoms. The van der Waals surface area contributed by atoms with Crippen LogP contribution >= 0.6 is 11.3 Å². The molecule has 0 aliphatic heterocycles. The second-order valence-corrected chi connectivity index (χ2v) is 8.31. The molecule has 0 bridgehead atoms. The third-order valence-electron chi connectivity index (χ3n) is 3.18. The number of hydrogen-bond acceptors (Lipinski definition) is 4. The van der Waals surface area contributed by atoms with E-state index in [2.05, 4.69) is 51.8 Å². The van der Waals surface area contributed by atoms with Crippen LogP contribution in [-0.4, -0.2) is 22.7 Å². The van der Waals surface area contributed by atoms with Crippen molar-refractivity contribution in [1.29, 1.82) is 0 Å². The van der Waals surface area contributed by atoms with Crippen LogP contribution < -0.4 is 5.32 Å². The molecule has 0 aliphatic carbocycles. The molecule has 0 saturated heterocycles. The second kappa shape index (κ2) is 6.33. The van der Waals surface area contributed by atoms with Gasteiger partial charge < -0.3 is 10.4 Å². The van der Waals surface area contributed by atoms with Crippen LogP contribution in [0.25, 0.3) is 0 Å². The first-order valence-electron chi connectivity index (χ1n) is 6.94. The Morgan fingerprint density at radius 1 is 1.26 bits per heavy atom. The van der Waals surface area contributed by atoms with Crippen molar-refractivity contribution in [3.8, 4) is 0 Å². The predicted octanol–water partition coefficient (Wildman–Crippen LogP) is 3.33. The average molecular weight is 284 g/mol. The van der Waals surface area contributed by atoms with Gasteiger partial charge in [-0.2, -0.15) is 0 Å². The Kier molecular flexibility index (Phi) is 5.53. The molecule has 1 unspecified atom stereocenters. The van der Waals surface area contributed by atoms with Gasteiger partial charge in [0, 0.05) is 35.7 Å². The fourth-order valence-corrected chi connectivity index (χ4v) is 2.85. The molecule has 0 radical (unpaired) electrons. The Hall–Kier alpha value is -0.450. The maximum atomic E-state index is 9.16. The smallest absolute Gasteiger partial charge is 0.0981 e. The van der Waals surface area contributed by atoms with Crippen LogP contribution in [0.2, 0.25) is 0 Å². The minimum atomic E-state index is 0.122. The van der Waals surface area contributed by atoms with Gasteiger partial charge in [0.2, 0.25) is 0 Å². The molecular formula is C15H28N2OS. The maximum absolute atomic E-state index is 9.16. The molecule has 0 amide bonds. The van der Waals surface area contributed by atoms with E-state index in [0.29, 0.717) is 6.04 Å². The molecule has 0 fully saturated rings. The molecule has 1 atom stereocenters. The van der Waals surface area contributed by atoms with Gasteiger partial charge in [-0.05, 0) is 11.8 Å². The van der Waals surface area contributed by atoms with Gasteiger partial charge in [-0.3, -0.25) is 0 Å². The quantitative estimate of drug-likeness (QED) is 0.872. The zero-order valence-electron chi connectivity index (χ0n) is 13.1. The third kappa shape index (κ3) is 5.21. The first-order chi connectivity index (χ1) is 8.64. The molecule has 1 aromatic rings. The van der Waals surface area contributed by atoms with Crippen LogP contribution in [0.15, 0.2) is 6.20 Å². The summed E-state index contributed by atoms with van der Waals surface area (Å²) in [5, 5.41) is 13.9. The lowest BCUT2D eigenvalue weighted by Gasteiger charge is -2.31. The summed E-state index contributed by atoms with van der Waals surface area (Å²) in [6.07, 6.45) is 2.76. The van der Waals surface area contributed by atoms with Crippen LogP contribution in [0.4, 0.5) is 0 Å². The number of rotatable bonds is 5. The predicted molar refractivity (Wildman–Crippen MR) is 82.6 cm³/mol. The summed E-state index contributed by atoms with van der Waals surface area (Å²) in [6, 6.07) is 0.317. The van der Waals surface area contributed by atoms with E-state index in [1.165, 1.54) is 9.88 Å². The highest BCUT2D eigenvalue weighted by Crippen LogP contribution is 2.27. The Balaban J connectivity index is 2.62. The lowest BCUT2D eigenvalue weighted by atomic mass is 9.85. The van der Waals surface area contributed by atoms with E-state index in [1.807, 2.05) is 6.20 Å². The van der Waals surface area contributed by atoms with E-state index in [0.717, 1.165) is 13.0 Å². The van der Waals surface area contributed by atoms with Gasteiger partial charge in [0.05, 0.1) is 5.01 Å². The molecule has 0 aromatic carbocycles. The number of aromatic nitrogens is 1. The zero-order chi connectivity index (χ0) is 14.7. The standard InChI is InChI=1S/C15H28N2OS/c1-14(2,3)12(7-8-18)16-9-11-10-17-13(19-11)15(4,5)6/h10,12,16,18H,7-9H2,1-6H3. The molecule has 0 aliphatic rings. The molecule has 1 rings (SSSR count). The normalized spacial score (nSPS) is 14.7. The fraction of sp³-hybridized carbons (Fsp3) is 0.800. The first kappa shape index (κ1) is 16.6. The van der Waals surface area contributed by atoms with Gasteiger partial charge in [0.25, 0.3) is 0 Å². The van der Waals surface area contributed by atoms with Gasteiger partial charge in [-0.25, -0.2) is 4.98 Å². The van der Waals surface area contributed by atoms with Crippen LogP contribution in [0.5, 0.6) is 0 Å². The molecule has 4 heteroatoms. The van der Waals surface area contributed by atoms with Gasteiger partial charge in [0.1, 0.15) is 0 Å². The third-order valence-corrected chi connectivity index (χ3v) is 4.60. The summed E-state index contributed by atoms with van der Waals surface area (Å²) in [5.74, 6) is 0. The summed E-state index contributed by atoms with van der Waals surface area (Å²) in [5.41, 5.74) is 0.276. The highest BCUT2D eigenvalue weighted by Gasteiger charge is 2.24. The molecule has 1 aromatic heterocycles. The van der Waals surface area contributed by atoms with Crippen LogP contribution in [-0.2, 0) is 12.0 Å². The topological polar surface area (TPSA) is 45.2 Å². The Morgan fingerprint density at radius 3 is 2.32 bits per heavy atom. The van der Waals surface area contributed by atoms with Crippen molar-refractivity contribution in [1.82, 2.24) is 10.3 Å². The minimum Gasteiger partial charge on any atom is -0.396 e. The fourth-order valence-electron chi connectivity index (χ4n) is 1.93. The summed E-state index contributed by atoms with van der Waals surface area (Å²) in [4.78, 5) is 5.76. The highest BCUT2D eigenvalue weighted by atomic mass is 32.1. The van der Waals surface area contributed by atoms with Crippen LogP contribution in [0, 0.1) is 5.41 Å². The van der Waals surface area contributed by atoms with E-state index < -0.39 is 0 Å². The van der Waals surface area contributed by atoms with Gasteiger partial charge in [-0.15, -0.1) is 11.3 Å². The summed E-state index contributed by atoms with van der Waals surface area (Å²) in [7, 11) is 0. The Bertz CT molecular complexity index is 388. The number of thiazole rings is 1. The van der Waals surface area contributed by atoms with Crippen LogP contribution in [0.3, 0.4) is 0 Å². The first-order valence-corrected chi connectivity index (χ1v) is 7.75. The van der Waals surface area contributed by atoms with Crippen molar-refractivity contribution in [3.05, 3.63) is 16.1 Å². The molecule has 19 heavy (non-hydrogen) atoms. The van der Waals surface area contributed by atoms with E-state index in [-0.39, 0.29) is 17.4 Å². The SMILES string of the molecule is CC(C)(C)c1ncc(CNC(CCO)C(C)(C)C)s1. The summed E-state index contributed by atoms with van der Waals surface area (Å²) < 4.78 is 0. The second-order valence-electron chi connectivity index (χ2n) is 7.19. The van der Waals surface area contributed by atoms with E-state index in [1.54, 1.807) is 11.3 Å². The number of nitrogens with one attached hydrogen (secondary N) is 1. The van der Waals surface area contributed by atoms with Crippen molar-refractivity contribution in [2.45, 2.75) is 66.0 Å². The number of hydrogen-bond donors (Lipinski definition) is 2. The lowest BCUT2D eigenvalue weighted by molar-refractivity contribution is 0.197. The minimum absolute atomic E-state index is 0.122. The maximum Gasteiger partial charge on any atom is 0.0981 e. The summed E-state index contributed by atoms with van der Waals surface area (Å²) >= 11 is 1.77. The van der Waals surface area contributed by atoms with E-state index >= 15 is 0 Å². The van der Waals surface area contributed by atoms with Crippen molar-refractivity contribution in [3.63, 3.8) is 0 Å². The molecule has 3 nitrogen and oxygen atoms in total. The summed E-state index contributed by atoms with van der Waals surface area (Å²) in [6.45, 7) is 14.2. The highest BCUT2D eigenvalue weighted by molar-refractivity contribution is 7.11. The number of nitrogens with zero attached hydrogens (tertiary/aromatic N) is 1. The number of aliphatic hydroxyl groups is 1. The molecule has 0 saturated carbocycles.